The van der Waals surface area contributed by atoms with Crippen LogP contribution < -0.4 is 5.73 Å². The maximum absolute atomic E-state index is 13.1. The first-order valence-electron chi connectivity index (χ1n) is 4.33. The van der Waals surface area contributed by atoms with Crippen molar-refractivity contribution in [1.82, 2.24) is 0 Å². The lowest BCUT2D eigenvalue weighted by Crippen LogP contribution is -2.36. The smallest absolute Gasteiger partial charge is 0.289 e. The van der Waals surface area contributed by atoms with Crippen molar-refractivity contribution in [3.05, 3.63) is 27.7 Å². The lowest BCUT2D eigenvalue weighted by Gasteiger charge is -2.22. The monoisotopic (exact) mass is 317 g/mol. The molecule has 0 aliphatic rings. The minimum absolute atomic E-state index is 0.452. The Morgan fingerprint density at radius 1 is 1.35 bits per heavy atom. The van der Waals surface area contributed by atoms with Crippen molar-refractivity contribution in [2.45, 2.75) is 12.0 Å². The molecule has 0 aliphatic heterocycles. The van der Waals surface area contributed by atoms with E-state index in [1.165, 1.54) is 0 Å². The number of nitrogens with two attached hydrogens (primary N) is 1. The molecule has 0 amide bonds. The predicted octanol–water partition coefficient (Wildman–Crippen LogP) is 2.06. The zero-order valence-corrected chi connectivity index (χ0v) is 9.81. The number of phenolic OH excluding ortho intramolecular Hbond substituents is 1. The van der Waals surface area contributed by atoms with Gasteiger partial charge >= 0.3 is 0 Å². The third-order valence-electron chi connectivity index (χ3n) is 2.17. The van der Waals surface area contributed by atoms with Gasteiger partial charge in [0.15, 0.2) is 11.6 Å². The molecular formula is C9H8BrF4NO2. The molecule has 1 rings (SSSR count). The number of hydrogen-bond acceptors (Lipinski definition) is 3. The van der Waals surface area contributed by atoms with Crippen LogP contribution in [0.25, 0.3) is 0 Å². The largest absolute Gasteiger partial charge is 0.505 e. The zero-order valence-electron chi connectivity index (χ0n) is 8.22. The molecule has 96 valence electrons. The highest BCUT2D eigenvalue weighted by molar-refractivity contribution is 9.10. The number of benzene rings is 1. The van der Waals surface area contributed by atoms with Crippen molar-refractivity contribution in [2.75, 3.05) is 6.61 Å². The van der Waals surface area contributed by atoms with Crippen molar-refractivity contribution < 1.29 is 27.8 Å². The van der Waals surface area contributed by atoms with Gasteiger partial charge in [0.25, 0.3) is 5.92 Å². The average molecular weight is 318 g/mol. The molecule has 0 heterocycles. The Bertz CT molecular complexity index is 441. The van der Waals surface area contributed by atoms with E-state index < -0.39 is 46.0 Å². The first-order chi connectivity index (χ1) is 7.72. The topological polar surface area (TPSA) is 66.5 Å². The molecule has 0 saturated carbocycles. The van der Waals surface area contributed by atoms with Crippen LogP contribution in [0.5, 0.6) is 5.75 Å². The summed E-state index contributed by atoms with van der Waals surface area (Å²) in [5.74, 6) is -8.16. The van der Waals surface area contributed by atoms with Crippen LogP contribution in [0.2, 0.25) is 0 Å². The van der Waals surface area contributed by atoms with E-state index >= 15 is 0 Å². The van der Waals surface area contributed by atoms with Gasteiger partial charge in [0, 0.05) is 5.56 Å². The number of aromatic hydroxyl groups is 1. The number of phenols is 1. The normalized spacial score (nSPS) is 13.8. The summed E-state index contributed by atoms with van der Waals surface area (Å²) in [7, 11) is 0. The quantitative estimate of drug-likeness (QED) is 0.590. The van der Waals surface area contributed by atoms with Crippen LogP contribution in [0.4, 0.5) is 17.6 Å². The Balaban J connectivity index is 3.33. The molecule has 1 aromatic rings. The van der Waals surface area contributed by atoms with Crippen molar-refractivity contribution in [2.24, 2.45) is 5.73 Å². The first-order valence-corrected chi connectivity index (χ1v) is 5.12. The maximum Gasteiger partial charge on any atom is 0.289 e. The highest BCUT2D eigenvalue weighted by Crippen LogP contribution is 2.38. The zero-order chi connectivity index (χ0) is 13.4. The van der Waals surface area contributed by atoms with E-state index in [1.54, 1.807) is 0 Å². The van der Waals surface area contributed by atoms with Crippen LogP contribution in [-0.2, 0) is 0 Å². The predicted molar refractivity (Wildman–Crippen MR) is 54.7 cm³/mol. The maximum atomic E-state index is 13.1. The fourth-order valence-electron chi connectivity index (χ4n) is 1.17. The molecule has 0 aromatic heterocycles. The number of aliphatic hydroxyl groups excluding tert-OH is 1. The molecule has 0 aliphatic carbocycles. The first kappa shape index (κ1) is 14.2. The lowest BCUT2D eigenvalue weighted by molar-refractivity contribution is -0.0717. The molecule has 1 atom stereocenters. The highest BCUT2D eigenvalue weighted by atomic mass is 79.9. The lowest BCUT2D eigenvalue weighted by atomic mass is 10.0. The summed E-state index contributed by atoms with van der Waals surface area (Å²) in [4.78, 5) is 0. The van der Waals surface area contributed by atoms with E-state index in [0.29, 0.717) is 0 Å². The molecule has 0 spiro atoms. The van der Waals surface area contributed by atoms with Gasteiger partial charge in [-0.2, -0.15) is 4.39 Å². The van der Waals surface area contributed by atoms with Crippen molar-refractivity contribution in [1.29, 1.82) is 0 Å². The third kappa shape index (κ3) is 2.53. The van der Waals surface area contributed by atoms with Gasteiger partial charge in [-0.05, 0) is 22.0 Å². The van der Waals surface area contributed by atoms with Crippen LogP contribution in [0.15, 0.2) is 10.5 Å². The average Bonchev–Trinajstić information content (AvgIpc) is 2.30. The van der Waals surface area contributed by atoms with Crippen LogP contribution in [0.1, 0.15) is 11.6 Å². The van der Waals surface area contributed by atoms with Crippen molar-refractivity contribution >= 4 is 15.9 Å². The van der Waals surface area contributed by atoms with Gasteiger partial charge in [0.2, 0.25) is 5.82 Å². The minimum Gasteiger partial charge on any atom is -0.505 e. The highest BCUT2D eigenvalue weighted by Gasteiger charge is 2.39. The summed E-state index contributed by atoms with van der Waals surface area (Å²) in [6.45, 7) is -1.58. The van der Waals surface area contributed by atoms with Crippen molar-refractivity contribution in [3.8, 4) is 5.75 Å². The summed E-state index contributed by atoms with van der Waals surface area (Å²) in [5, 5.41) is 17.6. The van der Waals surface area contributed by atoms with E-state index in [1.807, 2.05) is 0 Å². The molecule has 4 N–H and O–H groups in total. The molecule has 8 heteroatoms. The molecule has 0 radical (unpaired) electrons. The van der Waals surface area contributed by atoms with Gasteiger partial charge < -0.3 is 15.9 Å². The second-order valence-electron chi connectivity index (χ2n) is 3.32. The van der Waals surface area contributed by atoms with E-state index in [4.69, 9.17) is 10.8 Å². The van der Waals surface area contributed by atoms with E-state index in [9.17, 15) is 22.7 Å². The second-order valence-corrected chi connectivity index (χ2v) is 4.18. The third-order valence-corrected chi connectivity index (χ3v) is 2.74. The Hall–Kier alpha value is -0.860. The van der Waals surface area contributed by atoms with Crippen molar-refractivity contribution in [3.63, 3.8) is 0 Å². The summed E-state index contributed by atoms with van der Waals surface area (Å²) in [5.41, 5.74) is 4.39. The number of aliphatic hydroxyl groups is 1. The SMILES string of the molecule is N[C@H](c1cc(Br)c(F)c(F)c1O)C(F)(F)CO. The van der Waals surface area contributed by atoms with Crippen LogP contribution >= 0.6 is 15.9 Å². The standard InChI is InChI=1S/C9H8BrF4NO2/c10-4-1-3(7(17)6(12)5(4)11)8(15)9(13,14)2-16/h1,8,16-17H,2,15H2/t8-/m1/s1. The van der Waals surface area contributed by atoms with Gasteiger partial charge in [-0.15, -0.1) is 0 Å². The second kappa shape index (κ2) is 4.79. The molecule has 0 bridgehead atoms. The molecule has 0 unspecified atom stereocenters. The van der Waals surface area contributed by atoms with Gasteiger partial charge in [0.1, 0.15) is 12.6 Å². The molecule has 1 aromatic carbocycles. The fourth-order valence-corrected chi connectivity index (χ4v) is 1.59. The van der Waals surface area contributed by atoms with Crippen LogP contribution in [0.3, 0.4) is 0 Å². The number of rotatable bonds is 3. The van der Waals surface area contributed by atoms with Gasteiger partial charge in [0.05, 0.1) is 4.47 Å². The van der Waals surface area contributed by atoms with Gasteiger partial charge in [-0.3, -0.25) is 0 Å². The number of alkyl halides is 2. The Morgan fingerprint density at radius 2 is 1.88 bits per heavy atom. The summed E-state index contributed by atoms with van der Waals surface area (Å²) >= 11 is 2.60. The summed E-state index contributed by atoms with van der Waals surface area (Å²) in [6, 6.07) is -1.42. The van der Waals surface area contributed by atoms with E-state index in [0.717, 1.165) is 6.07 Å². The molecule has 3 nitrogen and oxygen atoms in total. The Morgan fingerprint density at radius 3 is 2.35 bits per heavy atom. The molecule has 0 saturated heterocycles. The van der Waals surface area contributed by atoms with Gasteiger partial charge in [-0.25, -0.2) is 13.2 Å². The van der Waals surface area contributed by atoms with E-state index in [2.05, 4.69) is 15.9 Å². The molecule has 17 heavy (non-hydrogen) atoms. The minimum atomic E-state index is -3.76. The van der Waals surface area contributed by atoms with Crippen LogP contribution in [0, 0.1) is 11.6 Å². The van der Waals surface area contributed by atoms with E-state index in [-0.39, 0.29) is 0 Å². The number of halogens is 5. The van der Waals surface area contributed by atoms with Crippen LogP contribution in [-0.4, -0.2) is 22.7 Å². The molecule has 0 fully saturated rings. The number of hydrogen-bond donors (Lipinski definition) is 3. The Labute approximate surface area is 102 Å². The summed E-state index contributed by atoms with van der Waals surface area (Å²) in [6.07, 6.45) is 0. The fraction of sp³-hybridized carbons (Fsp3) is 0.333. The molecular weight excluding hydrogens is 310 g/mol. The van der Waals surface area contributed by atoms with Gasteiger partial charge in [-0.1, -0.05) is 0 Å². The summed E-state index contributed by atoms with van der Waals surface area (Å²) < 4.78 is 51.7. The Kier molecular flexibility index (Phi) is 4.00.